The fourth-order valence-electron chi connectivity index (χ4n) is 3.83. The molecule has 2 aromatic rings. The molecule has 2 aromatic carbocycles. The molecule has 170 valence electrons. The summed E-state index contributed by atoms with van der Waals surface area (Å²) < 4.78 is 70.4. The van der Waals surface area contributed by atoms with Gasteiger partial charge in [0, 0.05) is 5.25 Å². The molecule has 0 N–H and O–H groups in total. The van der Waals surface area contributed by atoms with Crippen LogP contribution in [0.15, 0.2) is 53.5 Å². The van der Waals surface area contributed by atoms with E-state index in [2.05, 4.69) is 4.99 Å². The number of amidine groups is 1. The SMILES string of the molecule is COc1ccc(CC(=O)N=C2SC3CS(=O)(=O)CC3N2c2ccccc2C(F)(F)F)cc1. The van der Waals surface area contributed by atoms with E-state index in [0.29, 0.717) is 11.3 Å². The molecule has 6 nitrogen and oxygen atoms in total. The van der Waals surface area contributed by atoms with Crippen LogP contribution >= 0.6 is 11.8 Å². The van der Waals surface area contributed by atoms with Crippen molar-refractivity contribution >= 4 is 38.4 Å². The van der Waals surface area contributed by atoms with Gasteiger partial charge in [0.2, 0.25) is 0 Å². The molecule has 32 heavy (non-hydrogen) atoms. The van der Waals surface area contributed by atoms with Crippen molar-refractivity contribution in [1.82, 2.24) is 0 Å². The molecule has 2 unspecified atom stereocenters. The normalized spacial score (nSPS) is 23.4. The van der Waals surface area contributed by atoms with Crippen LogP contribution in [0.1, 0.15) is 11.1 Å². The Bertz CT molecular complexity index is 1160. The van der Waals surface area contributed by atoms with Gasteiger partial charge in [0.05, 0.1) is 42.3 Å². The average molecular weight is 485 g/mol. The van der Waals surface area contributed by atoms with Crippen LogP contribution in [-0.2, 0) is 27.2 Å². The monoisotopic (exact) mass is 484 g/mol. The predicted molar refractivity (Wildman–Crippen MR) is 117 cm³/mol. The number of sulfone groups is 1. The van der Waals surface area contributed by atoms with Gasteiger partial charge in [-0.15, -0.1) is 0 Å². The number of anilines is 1. The summed E-state index contributed by atoms with van der Waals surface area (Å²) in [7, 11) is -1.88. The first kappa shape index (κ1) is 22.7. The van der Waals surface area contributed by atoms with Crippen LogP contribution in [0.3, 0.4) is 0 Å². The van der Waals surface area contributed by atoms with E-state index in [4.69, 9.17) is 4.74 Å². The summed E-state index contributed by atoms with van der Waals surface area (Å²) in [6.45, 7) is 0. The topological polar surface area (TPSA) is 76.0 Å². The number of nitrogens with zero attached hydrogens (tertiary/aromatic N) is 2. The third-order valence-electron chi connectivity index (χ3n) is 5.27. The van der Waals surface area contributed by atoms with E-state index < -0.39 is 38.8 Å². The maximum Gasteiger partial charge on any atom is 0.418 e. The number of carbonyl (C=O) groups is 1. The molecule has 2 fully saturated rings. The molecule has 4 rings (SSSR count). The lowest BCUT2D eigenvalue weighted by Gasteiger charge is -2.27. The third kappa shape index (κ3) is 4.63. The lowest BCUT2D eigenvalue weighted by molar-refractivity contribution is -0.137. The minimum absolute atomic E-state index is 0.0452. The van der Waals surface area contributed by atoms with Crippen molar-refractivity contribution in [3.63, 3.8) is 0 Å². The van der Waals surface area contributed by atoms with Crippen molar-refractivity contribution in [2.24, 2.45) is 4.99 Å². The number of benzene rings is 2. The lowest BCUT2D eigenvalue weighted by Crippen LogP contribution is -2.39. The van der Waals surface area contributed by atoms with Crippen LogP contribution in [0.5, 0.6) is 5.75 Å². The summed E-state index contributed by atoms with van der Waals surface area (Å²) >= 11 is 1.04. The molecule has 1 amide bonds. The average Bonchev–Trinajstić information content (AvgIpc) is 3.18. The van der Waals surface area contributed by atoms with Gasteiger partial charge in [-0.05, 0) is 29.8 Å². The van der Waals surface area contributed by atoms with E-state index in [1.54, 1.807) is 24.3 Å². The molecule has 2 atom stereocenters. The summed E-state index contributed by atoms with van der Waals surface area (Å²) in [4.78, 5) is 18.0. The third-order valence-corrected chi connectivity index (χ3v) is 8.48. The van der Waals surface area contributed by atoms with Crippen LogP contribution in [0.2, 0.25) is 0 Å². The number of fused-ring (bicyclic) bond motifs is 1. The highest BCUT2D eigenvalue weighted by Gasteiger charge is 2.51. The number of rotatable bonds is 4. The Balaban J connectivity index is 1.69. The Kier molecular flexibility index (Phi) is 5.97. The summed E-state index contributed by atoms with van der Waals surface area (Å²) in [6.07, 6.45) is -4.69. The number of para-hydroxylation sites is 1. The molecule has 0 saturated carbocycles. The largest absolute Gasteiger partial charge is 0.497 e. The minimum Gasteiger partial charge on any atom is -0.497 e. The number of hydrogen-bond donors (Lipinski definition) is 0. The number of ether oxygens (including phenoxy) is 1. The maximum absolute atomic E-state index is 13.7. The van der Waals surface area contributed by atoms with Crippen molar-refractivity contribution in [3.05, 3.63) is 59.7 Å². The zero-order valence-electron chi connectivity index (χ0n) is 16.9. The Labute approximate surface area is 187 Å². The molecule has 2 heterocycles. The molecule has 0 aliphatic carbocycles. The lowest BCUT2D eigenvalue weighted by atomic mass is 10.1. The second-order valence-electron chi connectivity index (χ2n) is 7.50. The van der Waals surface area contributed by atoms with E-state index >= 15 is 0 Å². The number of aliphatic imine (C=N–C) groups is 1. The summed E-state index contributed by atoms with van der Waals surface area (Å²) in [5.41, 5.74) is -0.429. The molecule has 0 spiro atoms. The molecular formula is C21H19F3N2O4S2. The Hall–Kier alpha value is -2.53. The zero-order chi connectivity index (χ0) is 23.1. The van der Waals surface area contributed by atoms with Gasteiger partial charge < -0.3 is 9.64 Å². The molecule has 0 aromatic heterocycles. The highest BCUT2D eigenvalue weighted by molar-refractivity contribution is 8.16. The van der Waals surface area contributed by atoms with Gasteiger partial charge in [0.1, 0.15) is 5.75 Å². The van der Waals surface area contributed by atoms with E-state index in [1.165, 1.54) is 30.2 Å². The Morgan fingerprint density at radius 1 is 1.16 bits per heavy atom. The van der Waals surface area contributed by atoms with Crippen molar-refractivity contribution in [2.45, 2.75) is 23.9 Å². The Morgan fingerprint density at radius 3 is 2.50 bits per heavy atom. The number of halogens is 3. The molecule has 0 bridgehead atoms. The Morgan fingerprint density at radius 2 is 1.84 bits per heavy atom. The van der Waals surface area contributed by atoms with Crippen molar-refractivity contribution in [2.75, 3.05) is 23.5 Å². The number of amides is 1. The zero-order valence-corrected chi connectivity index (χ0v) is 18.5. The van der Waals surface area contributed by atoms with Crippen LogP contribution in [-0.4, -0.2) is 49.4 Å². The van der Waals surface area contributed by atoms with Gasteiger partial charge in [-0.2, -0.15) is 18.2 Å². The highest BCUT2D eigenvalue weighted by Crippen LogP contribution is 2.45. The van der Waals surface area contributed by atoms with Gasteiger partial charge >= 0.3 is 6.18 Å². The van der Waals surface area contributed by atoms with E-state index in [1.807, 2.05) is 0 Å². The first-order valence-corrected chi connectivity index (χ1v) is 12.3. The molecule has 11 heteroatoms. The molecule has 2 aliphatic heterocycles. The first-order chi connectivity index (χ1) is 15.1. The predicted octanol–water partition coefficient (Wildman–Crippen LogP) is 3.56. The van der Waals surface area contributed by atoms with Crippen LogP contribution < -0.4 is 9.64 Å². The van der Waals surface area contributed by atoms with Crippen LogP contribution in [0, 0.1) is 0 Å². The van der Waals surface area contributed by atoms with Crippen molar-refractivity contribution in [1.29, 1.82) is 0 Å². The van der Waals surface area contributed by atoms with Crippen molar-refractivity contribution < 1.29 is 31.1 Å². The molecule has 2 saturated heterocycles. The summed E-state index contributed by atoms with van der Waals surface area (Å²) in [6, 6.07) is 11.0. The number of alkyl halides is 3. The second kappa shape index (κ2) is 8.43. The van der Waals surface area contributed by atoms with E-state index in [9.17, 15) is 26.4 Å². The van der Waals surface area contributed by atoms with Gasteiger partial charge in [-0.1, -0.05) is 36.0 Å². The minimum atomic E-state index is -4.64. The van der Waals surface area contributed by atoms with E-state index in [0.717, 1.165) is 17.8 Å². The number of carbonyl (C=O) groups excluding carboxylic acids is 1. The number of methoxy groups -OCH3 is 1. The second-order valence-corrected chi connectivity index (χ2v) is 10.9. The van der Waals surface area contributed by atoms with Crippen molar-refractivity contribution in [3.8, 4) is 5.75 Å². The summed E-state index contributed by atoms with van der Waals surface area (Å²) in [5.74, 6) is -0.362. The summed E-state index contributed by atoms with van der Waals surface area (Å²) in [5, 5.41) is -0.404. The smallest absolute Gasteiger partial charge is 0.418 e. The quantitative estimate of drug-likeness (QED) is 0.661. The van der Waals surface area contributed by atoms with Crippen LogP contribution in [0.25, 0.3) is 0 Å². The fraction of sp³-hybridized carbons (Fsp3) is 0.333. The standard InChI is InChI=1S/C21H19F3N2O4S2/c1-30-14-8-6-13(7-9-14)10-19(27)25-20-26(17-11-32(28,29)12-18(17)31-20)16-5-3-2-4-15(16)21(22,23)24/h2-9,17-18H,10-12H2,1H3. The molecule has 2 aliphatic rings. The fourth-order valence-corrected chi connectivity index (χ4v) is 7.76. The van der Waals surface area contributed by atoms with Gasteiger partial charge in [0.15, 0.2) is 15.0 Å². The molecule has 0 radical (unpaired) electrons. The number of hydrogen-bond acceptors (Lipinski definition) is 5. The van der Waals surface area contributed by atoms with Gasteiger partial charge in [-0.3, -0.25) is 4.79 Å². The molecular weight excluding hydrogens is 465 g/mol. The number of thioether (sulfide) groups is 1. The van der Waals surface area contributed by atoms with Gasteiger partial charge in [-0.25, -0.2) is 8.42 Å². The van der Waals surface area contributed by atoms with Crippen LogP contribution in [0.4, 0.5) is 18.9 Å². The maximum atomic E-state index is 13.7. The van der Waals surface area contributed by atoms with E-state index in [-0.39, 0.29) is 28.8 Å². The highest BCUT2D eigenvalue weighted by atomic mass is 32.2. The van der Waals surface area contributed by atoms with Gasteiger partial charge in [0.25, 0.3) is 5.91 Å². The first-order valence-electron chi connectivity index (χ1n) is 9.64.